The average Bonchev–Trinajstić information content (AvgIpc) is 2.65. The number of nitrogens with one attached hydrogen (secondary N) is 2. The van der Waals surface area contributed by atoms with Gasteiger partial charge in [0.1, 0.15) is 5.82 Å². The van der Waals surface area contributed by atoms with E-state index < -0.39 is 0 Å². The van der Waals surface area contributed by atoms with Crippen molar-refractivity contribution in [3.8, 4) is 0 Å². The number of carbonyl (C=O) groups excluding carboxylic acids is 1. The predicted molar refractivity (Wildman–Crippen MR) is 105 cm³/mol. The lowest BCUT2D eigenvalue weighted by Gasteiger charge is -2.10. The van der Waals surface area contributed by atoms with Crippen LogP contribution in [0.15, 0.2) is 54.6 Å². The molecule has 0 radical (unpaired) electrons. The maximum atomic E-state index is 12.3. The predicted octanol–water partition coefficient (Wildman–Crippen LogP) is 4.61. The molecule has 0 unspecified atom stereocenters. The lowest BCUT2D eigenvalue weighted by Crippen LogP contribution is -2.15. The summed E-state index contributed by atoms with van der Waals surface area (Å²) in [6.45, 7) is 4.56. The molecule has 3 rings (SSSR count). The number of amides is 1. The molecule has 1 heterocycles. The van der Waals surface area contributed by atoms with E-state index in [1.165, 1.54) is 11.1 Å². The third-order valence-corrected chi connectivity index (χ3v) is 4.54. The van der Waals surface area contributed by atoms with Crippen LogP contribution in [-0.4, -0.2) is 16.1 Å². The Labute approximate surface area is 157 Å². The molecule has 2 aromatic carbocycles. The Kier molecular flexibility index (Phi) is 5.49. The van der Waals surface area contributed by atoms with E-state index in [-0.39, 0.29) is 11.6 Å². The lowest BCUT2D eigenvalue weighted by atomic mass is 10.1. The summed E-state index contributed by atoms with van der Waals surface area (Å²) >= 11 is 6.07. The Bertz CT molecular complexity index is 925. The molecule has 0 aliphatic rings. The van der Waals surface area contributed by atoms with Gasteiger partial charge in [-0.05, 0) is 54.8 Å². The molecule has 0 aliphatic heterocycles. The zero-order chi connectivity index (χ0) is 18.5. The van der Waals surface area contributed by atoms with Gasteiger partial charge in [0.15, 0.2) is 5.69 Å². The second-order valence-electron chi connectivity index (χ2n) is 5.95. The minimum absolute atomic E-state index is 0.241. The number of hydrogen-bond donors (Lipinski definition) is 2. The first kappa shape index (κ1) is 17.9. The van der Waals surface area contributed by atoms with Crippen molar-refractivity contribution in [2.75, 3.05) is 10.6 Å². The number of hydrogen-bond acceptors (Lipinski definition) is 4. The molecule has 5 nitrogen and oxygen atoms in total. The Morgan fingerprint density at radius 3 is 2.54 bits per heavy atom. The molecular formula is C20H19ClN4O. The van der Waals surface area contributed by atoms with Gasteiger partial charge < -0.3 is 10.6 Å². The van der Waals surface area contributed by atoms with E-state index in [1.807, 2.05) is 19.1 Å². The highest BCUT2D eigenvalue weighted by Gasteiger charge is 2.11. The van der Waals surface area contributed by atoms with Gasteiger partial charge in [0.2, 0.25) is 0 Å². The summed E-state index contributed by atoms with van der Waals surface area (Å²) in [4.78, 5) is 12.3. The molecule has 0 spiro atoms. The highest BCUT2D eigenvalue weighted by molar-refractivity contribution is 6.31. The van der Waals surface area contributed by atoms with Crippen LogP contribution in [0.5, 0.6) is 0 Å². The molecule has 2 N–H and O–H groups in total. The fraction of sp³-hybridized carbons (Fsp3) is 0.150. The minimum Gasteiger partial charge on any atom is -0.364 e. The third-order valence-electron chi connectivity index (χ3n) is 4.13. The van der Waals surface area contributed by atoms with Gasteiger partial charge in [-0.15, -0.1) is 10.2 Å². The van der Waals surface area contributed by atoms with Crippen LogP contribution in [0.1, 0.15) is 27.2 Å². The van der Waals surface area contributed by atoms with Crippen molar-refractivity contribution in [2.45, 2.75) is 20.4 Å². The first-order valence-electron chi connectivity index (χ1n) is 8.23. The normalized spacial score (nSPS) is 10.4. The number of carbonyl (C=O) groups is 1. The van der Waals surface area contributed by atoms with E-state index in [2.05, 4.69) is 39.9 Å². The average molecular weight is 367 g/mol. The summed E-state index contributed by atoms with van der Waals surface area (Å²) in [5.41, 5.74) is 4.11. The number of anilines is 2. The molecule has 0 saturated carbocycles. The molecule has 0 saturated heterocycles. The Morgan fingerprint density at radius 1 is 1.00 bits per heavy atom. The SMILES string of the molecule is Cc1ccccc1CNc1ccc(C(=O)Nc2cccc(Cl)c2C)nn1. The van der Waals surface area contributed by atoms with Crippen molar-refractivity contribution < 1.29 is 4.79 Å². The van der Waals surface area contributed by atoms with Crippen LogP contribution in [0.4, 0.5) is 11.5 Å². The van der Waals surface area contributed by atoms with Gasteiger partial charge in [-0.3, -0.25) is 4.79 Å². The monoisotopic (exact) mass is 366 g/mol. The highest BCUT2D eigenvalue weighted by atomic mass is 35.5. The van der Waals surface area contributed by atoms with Crippen molar-refractivity contribution in [1.29, 1.82) is 0 Å². The standard InChI is InChI=1S/C20H19ClN4O/c1-13-6-3-4-7-15(13)12-22-19-11-10-18(24-25-19)20(26)23-17-9-5-8-16(21)14(17)2/h3-11H,12H2,1-2H3,(H,22,25)(H,23,26). The number of aryl methyl sites for hydroxylation is 1. The molecule has 132 valence electrons. The fourth-order valence-electron chi connectivity index (χ4n) is 2.47. The van der Waals surface area contributed by atoms with Crippen LogP contribution >= 0.6 is 11.6 Å². The van der Waals surface area contributed by atoms with E-state index in [0.717, 1.165) is 5.56 Å². The van der Waals surface area contributed by atoms with Gasteiger partial charge in [-0.25, -0.2) is 0 Å². The summed E-state index contributed by atoms with van der Waals surface area (Å²) < 4.78 is 0. The van der Waals surface area contributed by atoms with Crippen LogP contribution in [-0.2, 0) is 6.54 Å². The molecule has 1 amide bonds. The Morgan fingerprint density at radius 2 is 1.81 bits per heavy atom. The number of nitrogens with zero attached hydrogens (tertiary/aromatic N) is 2. The second-order valence-corrected chi connectivity index (χ2v) is 6.36. The summed E-state index contributed by atoms with van der Waals surface area (Å²) in [5.74, 6) is 0.289. The quantitative estimate of drug-likeness (QED) is 0.691. The zero-order valence-corrected chi connectivity index (χ0v) is 15.3. The zero-order valence-electron chi connectivity index (χ0n) is 14.6. The summed E-state index contributed by atoms with van der Waals surface area (Å²) in [7, 11) is 0. The summed E-state index contributed by atoms with van der Waals surface area (Å²) in [5, 5.41) is 14.7. The Hall–Kier alpha value is -2.92. The van der Waals surface area contributed by atoms with E-state index in [4.69, 9.17) is 11.6 Å². The van der Waals surface area contributed by atoms with E-state index >= 15 is 0 Å². The molecule has 0 bridgehead atoms. The largest absolute Gasteiger partial charge is 0.364 e. The van der Waals surface area contributed by atoms with Gasteiger partial charge in [-0.1, -0.05) is 41.9 Å². The highest BCUT2D eigenvalue weighted by Crippen LogP contribution is 2.23. The van der Waals surface area contributed by atoms with Crippen LogP contribution in [0.2, 0.25) is 5.02 Å². The summed E-state index contributed by atoms with van der Waals surface area (Å²) in [6, 6.07) is 16.9. The van der Waals surface area contributed by atoms with Crippen molar-refractivity contribution >= 4 is 29.0 Å². The van der Waals surface area contributed by atoms with Gasteiger partial charge in [0.25, 0.3) is 5.91 Å². The molecule has 1 aromatic heterocycles. The van der Waals surface area contributed by atoms with Crippen LogP contribution in [0.3, 0.4) is 0 Å². The second kappa shape index (κ2) is 7.97. The maximum absolute atomic E-state index is 12.3. The molecular weight excluding hydrogens is 348 g/mol. The van der Waals surface area contributed by atoms with E-state index in [1.54, 1.807) is 30.3 Å². The van der Waals surface area contributed by atoms with Crippen molar-refractivity contribution in [1.82, 2.24) is 10.2 Å². The topological polar surface area (TPSA) is 66.9 Å². The molecule has 0 fully saturated rings. The third kappa shape index (κ3) is 4.18. The van der Waals surface area contributed by atoms with Crippen molar-refractivity contribution in [2.24, 2.45) is 0 Å². The van der Waals surface area contributed by atoms with Crippen LogP contribution in [0, 0.1) is 13.8 Å². The summed E-state index contributed by atoms with van der Waals surface area (Å²) in [6.07, 6.45) is 0. The number of aromatic nitrogens is 2. The molecule has 26 heavy (non-hydrogen) atoms. The number of rotatable bonds is 5. The van der Waals surface area contributed by atoms with Crippen LogP contribution in [0.25, 0.3) is 0 Å². The maximum Gasteiger partial charge on any atom is 0.276 e. The molecule has 3 aromatic rings. The van der Waals surface area contributed by atoms with Gasteiger partial charge >= 0.3 is 0 Å². The molecule has 6 heteroatoms. The van der Waals surface area contributed by atoms with E-state index in [0.29, 0.717) is 23.1 Å². The van der Waals surface area contributed by atoms with Gasteiger partial charge in [-0.2, -0.15) is 0 Å². The first-order valence-corrected chi connectivity index (χ1v) is 8.61. The van der Waals surface area contributed by atoms with Crippen LogP contribution < -0.4 is 10.6 Å². The number of benzene rings is 2. The van der Waals surface area contributed by atoms with Gasteiger partial charge in [0, 0.05) is 17.3 Å². The number of halogens is 1. The van der Waals surface area contributed by atoms with Gasteiger partial charge in [0.05, 0.1) is 0 Å². The van der Waals surface area contributed by atoms with Crippen molar-refractivity contribution in [3.63, 3.8) is 0 Å². The Balaban J connectivity index is 1.64. The molecule has 0 atom stereocenters. The first-order chi connectivity index (χ1) is 12.5. The fourth-order valence-corrected chi connectivity index (χ4v) is 2.65. The van der Waals surface area contributed by atoms with E-state index in [9.17, 15) is 4.79 Å². The van der Waals surface area contributed by atoms with Crippen molar-refractivity contribution in [3.05, 3.63) is 82.0 Å². The molecule has 0 aliphatic carbocycles. The smallest absolute Gasteiger partial charge is 0.276 e. The lowest BCUT2D eigenvalue weighted by molar-refractivity contribution is 0.102. The minimum atomic E-state index is -0.326.